The quantitative estimate of drug-likeness (QED) is 0.782. The first-order chi connectivity index (χ1) is 9.28. The van der Waals surface area contributed by atoms with Gasteiger partial charge in [0.15, 0.2) is 6.29 Å². The molecule has 0 amide bonds. The summed E-state index contributed by atoms with van der Waals surface area (Å²) in [6.07, 6.45) is 4.99. The number of aryl methyl sites for hydroxylation is 1. The molecular formula is C15H16N2OS. The molecule has 0 saturated heterocycles. The van der Waals surface area contributed by atoms with Crippen LogP contribution in [0.2, 0.25) is 0 Å². The second-order valence-electron chi connectivity index (χ2n) is 5.02. The number of rotatable bonds is 5. The highest BCUT2D eigenvalue weighted by molar-refractivity contribution is 7.07. The summed E-state index contributed by atoms with van der Waals surface area (Å²) in [5, 5.41) is 4.29. The van der Waals surface area contributed by atoms with Crippen LogP contribution >= 0.6 is 11.3 Å². The van der Waals surface area contributed by atoms with Crippen molar-refractivity contribution in [1.29, 1.82) is 0 Å². The van der Waals surface area contributed by atoms with Crippen LogP contribution in [0.4, 0.5) is 5.82 Å². The fraction of sp³-hybridized carbons (Fsp3) is 0.333. The largest absolute Gasteiger partial charge is 0.349 e. The summed E-state index contributed by atoms with van der Waals surface area (Å²) < 4.78 is 0. The van der Waals surface area contributed by atoms with Crippen molar-refractivity contribution >= 4 is 23.4 Å². The highest BCUT2D eigenvalue weighted by atomic mass is 32.1. The number of carbonyl (C=O) groups is 1. The molecule has 1 fully saturated rings. The summed E-state index contributed by atoms with van der Waals surface area (Å²) in [7, 11) is 0. The molecule has 0 unspecified atom stereocenters. The van der Waals surface area contributed by atoms with Crippen LogP contribution < -0.4 is 4.90 Å². The van der Waals surface area contributed by atoms with Gasteiger partial charge < -0.3 is 4.90 Å². The molecule has 0 bridgehead atoms. The van der Waals surface area contributed by atoms with Crippen LogP contribution in [0, 0.1) is 6.92 Å². The lowest BCUT2D eigenvalue weighted by Crippen LogP contribution is -2.26. The Morgan fingerprint density at radius 3 is 2.95 bits per heavy atom. The molecular weight excluding hydrogens is 256 g/mol. The van der Waals surface area contributed by atoms with Crippen LogP contribution in [0.15, 0.2) is 29.1 Å². The summed E-state index contributed by atoms with van der Waals surface area (Å²) in [6, 6.07) is 4.68. The van der Waals surface area contributed by atoms with Gasteiger partial charge in [-0.25, -0.2) is 4.98 Å². The highest BCUT2D eigenvalue weighted by Gasteiger charge is 2.30. The van der Waals surface area contributed by atoms with Gasteiger partial charge in [-0.3, -0.25) is 4.79 Å². The van der Waals surface area contributed by atoms with Crippen molar-refractivity contribution in [2.24, 2.45) is 0 Å². The Balaban J connectivity index is 1.89. The minimum absolute atomic E-state index is 0.605. The number of thiophene rings is 1. The van der Waals surface area contributed by atoms with E-state index in [0.717, 1.165) is 24.2 Å². The van der Waals surface area contributed by atoms with Gasteiger partial charge in [-0.05, 0) is 53.8 Å². The maximum atomic E-state index is 10.8. The number of aromatic nitrogens is 1. The molecule has 3 nitrogen and oxygen atoms in total. The van der Waals surface area contributed by atoms with Crippen LogP contribution in [-0.2, 0) is 6.54 Å². The molecule has 0 spiro atoms. The molecule has 0 aliphatic heterocycles. The molecule has 0 radical (unpaired) electrons. The molecule has 98 valence electrons. The molecule has 4 heteroatoms. The Hall–Kier alpha value is -1.68. The Morgan fingerprint density at radius 2 is 2.37 bits per heavy atom. The Morgan fingerprint density at radius 1 is 1.53 bits per heavy atom. The molecule has 0 aromatic carbocycles. The molecule has 1 aliphatic carbocycles. The third kappa shape index (κ3) is 2.68. The van der Waals surface area contributed by atoms with Crippen molar-refractivity contribution in [2.75, 3.05) is 4.90 Å². The van der Waals surface area contributed by atoms with E-state index in [1.165, 1.54) is 18.4 Å². The number of nitrogens with zero attached hydrogens (tertiary/aromatic N) is 2. The number of hydrogen-bond acceptors (Lipinski definition) is 4. The molecule has 0 N–H and O–H groups in total. The van der Waals surface area contributed by atoms with Crippen molar-refractivity contribution in [3.8, 4) is 0 Å². The number of anilines is 1. The fourth-order valence-electron chi connectivity index (χ4n) is 2.30. The summed E-state index contributed by atoms with van der Waals surface area (Å²) in [6.45, 7) is 2.93. The molecule has 2 aromatic heterocycles. The van der Waals surface area contributed by atoms with Crippen LogP contribution in [0.5, 0.6) is 0 Å². The first kappa shape index (κ1) is 12.4. The summed E-state index contributed by atoms with van der Waals surface area (Å²) in [5.41, 5.74) is 3.05. The minimum atomic E-state index is 0.605. The summed E-state index contributed by atoms with van der Waals surface area (Å²) in [4.78, 5) is 17.6. The van der Waals surface area contributed by atoms with Gasteiger partial charge >= 0.3 is 0 Å². The maximum absolute atomic E-state index is 10.8. The van der Waals surface area contributed by atoms with Crippen LogP contribution in [0.3, 0.4) is 0 Å². The maximum Gasteiger partial charge on any atom is 0.151 e. The van der Waals surface area contributed by atoms with Gasteiger partial charge in [-0.1, -0.05) is 0 Å². The van der Waals surface area contributed by atoms with E-state index in [0.29, 0.717) is 11.6 Å². The average molecular weight is 272 g/mol. The monoisotopic (exact) mass is 272 g/mol. The third-order valence-electron chi connectivity index (χ3n) is 3.40. The Kier molecular flexibility index (Phi) is 3.34. The van der Waals surface area contributed by atoms with E-state index >= 15 is 0 Å². The van der Waals surface area contributed by atoms with Crippen LogP contribution in [0.25, 0.3) is 0 Å². The SMILES string of the molecule is Cc1cc(C=O)cnc1N(Cc1ccsc1)C1CC1. The van der Waals surface area contributed by atoms with Crippen molar-refractivity contribution in [1.82, 2.24) is 4.98 Å². The first-order valence-corrected chi connectivity index (χ1v) is 7.42. The topological polar surface area (TPSA) is 33.2 Å². The molecule has 3 rings (SSSR count). The second-order valence-corrected chi connectivity index (χ2v) is 5.80. The second kappa shape index (κ2) is 5.13. The number of pyridine rings is 1. The van der Waals surface area contributed by atoms with Gasteiger partial charge in [0.2, 0.25) is 0 Å². The average Bonchev–Trinajstić information content (AvgIpc) is 3.14. The molecule has 1 aliphatic rings. The zero-order valence-electron chi connectivity index (χ0n) is 10.9. The van der Waals surface area contributed by atoms with Gasteiger partial charge in [0.25, 0.3) is 0 Å². The van der Waals surface area contributed by atoms with Crippen molar-refractivity contribution in [3.05, 3.63) is 45.8 Å². The lowest BCUT2D eigenvalue weighted by Gasteiger charge is -2.24. The number of aldehydes is 1. The standard InChI is InChI=1S/C15H16N2OS/c1-11-6-13(9-18)7-16-15(11)17(14-2-3-14)8-12-4-5-19-10-12/h4-7,9-10,14H,2-3,8H2,1H3. The van der Waals surface area contributed by atoms with E-state index in [2.05, 4.69) is 26.7 Å². The number of hydrogen-bond donors (Lipinski definition) is 0. The van der Waals surface area contributed by atoms with E-state index < -0.39 is 0 Å². The molecule has 1 saturated carbocycles. The van der Waals surface area contributed by atoms with E-state index in [-0.39, 0.29) is 0 Å². The van der Waals surface area contributed by atoms with Crippen LogP contribution in [0.1, 0.15) is 34.3 Å². The Labute approximate surface area is 116 Å². The van der Waals surface area contributed by atoms with Gasteiger partial charge in [-0.15, -0.1) is 0 Å². The van der Waals surface area contributed by atoms with Crippen molar-refractivity contribution in [3.63, 3.8) is 0 Å². The normalized spacial score (nSPS) is 14.4. The number of carbonyl (C=O) groups excluding carboxylic acids is 1. The predicted molar refractivity (Wildman–Crippen MR) is 77.9 cm³/mol. The predicted octanol–water partition coefficient (Wildman–Crippen LogP) is 3.43. The van der Waals surface area contributed by atoms with Gasteiger partial charge in [0.1, 0.15) is 5.82 Å². The Bertz CT molecular complexity index is 576. The van der Waals surface area contributed by atoms with E-state index in [9.17, 15) is 4.79 Å². The highest BCUT2D eigenvalue weighted by Crippen LogP contribution is 2.33. The minimum Gasteiger partial charge on any atom is -0.349 e. The summed E-state index contributed by atoms with van der Waals surface area (Å²) in [5.74, 6) is 1.01. The molecule has 0 atom stereocenters. The van der Waals surface area contributed by atoms with E-state index in [1.54, 1.807) is 17.5 Å². The smallest absolute Gasteiger partial charge is 0.151 e. The zero-order valence-corrected chi connectivity index (χ0v) is 11.7. The summed E-state index contributed by atoms with van der Waals surface area (Å²) >= 11 is 1.73. The lowest BCUT2D eigenvalue weighted by molar-refractivity contribution is 0.112. The molecule has 19 heavy (non-hydrogen) atoms. The lowest BCUT2D eigenvalue weighted by atomic mass is 10.2. The third-order valence-corrected chi connectivity index (χ3v) is 4.13. The van der Waals surface area contributed by atoms with Crippen LogP contribution in [-0.4, -0.2) is 17.3 Å². The van der Waals surface area contributed by atoms with Gasteiger partial charge in [0, 0.05) is 24.3 Å². The van der Waals surface area contributed by atoms with Gasteiger partial charge in [-0.2, -0.15) is 11.3 Å². The van der Waals surface area contributed by atoms with Crippen molar-refractivity contribution < 1.29 is 4.79 Å². The van der Waals surface area contributed by atoms with E-state index in [1.807, 2.05) is 13.0 Å². The van der Waals surface area contributed by atoms with Crippen molar-refractivity contribution in [2.45, 2.75) is 32.4 Å². The van der Waals surface area contributed by atoms with Gasteiger partial charge in [0.05, 0.1) is 0 Å². The molecule has 2 aromatic rings. The fourth-order valence-corrected chi connectivity index (χ4v) is 2.96. The van der Waals surface area contributed by atoms with E-state index in [4.69, 9.17) is 0 Å². The zero-order chi connectivity index (χ0) is 13.2. The first-order valence-electron chi connectivity index (χ1n) is 6.47. The molecule has 2 heterocycles.